The van der Waals surface area contributed by atoms with Crippen LogP contribution in [0.25, 0.3) is 0 Å². The number of benzene rings is 1. The van der Waals surface area contributed by atoms with E-state index in [2.05, 4.69) is 11.4 Å². The first-order valence-corrected chi connectivity index (χ1v) is 7.62. The van der Waals surface area contributed by atoms with E-state index in [9.17, 15) is 4.79 Å². The number of anilines is 1. The SMILES string of the molecule is NC(=O)C1Cc2ccc3c(c2O1)C1(CCCCC1)N=CN3. The number of rotatable bonds is 1. The van der Waals surface area contributed by atoms with Crippen molar-refractivity contribution in [1.29, 1.82) is 0 Å². The van der Waals surface area contributed by atoms with E-state index in [0.717, 1.165) is 35.4 Å². The molecule has 0 aromatic heterocycles. The highest BCUT2D eigenvalue weighted by molar-refractivity contribution is 5.85. The first kappa shape index (κ1) is 12.7. The summed E-state index contributed by atoms with van der Waals surface area (Å²) < 4.78 is 5.91. The van der Waals surface area contributed by atoms with Gasteiger partial charge in [0.25, 0.3) is 5.91 Å². The van der Waals surface area contributed by atoms with E-state index in [1.54, 1.807) is 6.34 Å². The minimum Gasteiger partial charge on any atom is -0.480 e. The number of primary amides is 1. The standard InChI is InChI=1S/C16H19N3O2/c17-15(20)12-8-10-4-5-11-13(14(10)21-12)16(19-9-18-11)6-2-1-3-7-16/h4-5,9,12H,1-3,6-8H2,(H2,17,20)(H,18,19). The van der Waals surface area contributed by atoms with Gasteiger partial charge in [0.15, 0.2) is 6.10 Å². The van der Waals surface area contributed by atoms with Gasteiger partial charge in [-0.25, -0.2) is 0 Å². The minimum absolute atomic E-state index is 0.184. The van der Waals surface area contributed by atoms with Crippen LogP contribution in [0.5, 0.6) is 5.75 Å². The lowest BCUT2D eigenvalue weighted by molar-refractivity contribution is -0.123. The van der Waals surface area contributed by atoms with Crippen molar-refractivity contribution in [3.63, 3.8) is 0 Å². The molecule has 1 amide bonds. The van der Waals surface area contributed by atoms with Crippen LogP contribution in [0.3, 0.4) is 0 Å². The summed E-state index contributed by atoms with van der Waals surface area (Å²) in [4.78, 5) is 16.2. The summed E-state index contributed by atoms with van der Waals surface area (Å²) in [6.45, 7) is 0. The lowest BCUT2D eigenvalue weighted by atomic mass is 9.75. The van der Waals surface area contributed by atoms with Gasteiger partial charge >= 0.3 is 0 Å². The Morgan fingerprint density at radius 2 is 2.14 bits per heavy atom. The van der Waals surface area contributed by atoms with Crippen molar-refractivity contribution < 1.29 is 9.53 Å². The molecule has 0 radical (unpaired) electrons. The third-order valence-electron chi connectivity index (χ3n) is 4.90. The van der Waals surface area contributed by atoms with Crippen LogP contribution in [0.1, 0.15) is 43.2 Å². The highest BCUT2D eigenvalue weighted by Gasteiger charge is 2.42. The molecule has 3 aliphatic rings. The molecule has 5 heteroatoms. The Morgan fingerprint density at radius 3 is 2.90 bits per heavy atom. The maximum absolute atomic E-state index is 11.5. The second kappa shape index (κ2) is 4.48. The number of nitrogens with zero attached hydrogens (tertiary/aromatic N) is 1. The maximum Gasteiger partial charge on any atom is 0.258 e. The molecule has 1 saturated carbocycles. The predicted molar refractivity (Wildman–Crippen MR) is 80.6 cm³/mol. The fourth-order valence-electron chi connectivity index (χ4n) is 3.85. The average Bonchev–Trinajstić information content (AvgIpc) is 2.92. The van der Waals surface area contributed by atoms with Crippen molar-refractivity contribution in [1.82, 2.24) is 0 Å². The third-order valence-corrected chi connectivity index (χ3v) is 4.90. The summed E-state index contributed by atoms with van der Waals surface area (Å²) in [5.41, 5.74) is 8.48. The number of hydrogen-bond acceptors (Lipinski definition) is 4. The average molecular weight is 285 g/mol. The van der Waals surface area contributed by atoms with Gasteiger partial charge in [-0.05, 0) is 24.5 Å². The lowest BCUT2D eigenvalue weighted by Gasteiger charge is -2.38. The highest BCUT2D eigenvalue weighted by Crippen LogP contribution is 2.51. The van der Waals surface area contributed by atoms with Gasteiger partial charge in [0.05, 0.1) is 11.9 Å². The predicted octanol–water partition coefficient (Wildman–Crippen LogP) is 2.09. The molecule has 1 aromatic rings. The molecule has 21 heavy (non-hydrogen) atoms. The van der Waals surface area contributed by atoms with Crippen molar-refractivity contribution in [2.75, 3.05) is 5.32 Å². The number of amides is 1. The Hall–Kier alpha value is -2.04. The summed E-state index contributed by atoms with van der Waals surface area (Å²) in [5, 5.41) is 3.22. The topological polar surface area (TPSA) is 76.7 Å². The molecule has 110 valence electrons. The van der Waals surface area contributed by atoms with Gasteiger partial charge in [-0.2, -0.15) is 0 Å². The zero-order valence-corrected chi connectivity index (χ0v) is 11.9. The van der Waals surface area contributed by atoms with E-state index in [0.29, 0.717) is 6.42 Å². The quantitative estimate of drug-likeness (QED) is 0.829. The van der Waals surface area contributed by atoms with Crippen LogP contribution in [0.2, 0.25) is 0 Å². The molecule has 4 rings (SSSR count). The molecule has 2 heterocycles. The van der Waals surface area contributed by atoms with Gasteiger partial charge in [0, 0.05) is 17.7 Å². The van der Waals surface area contributed by atoms with E-state index in [1.165, 1.54) is 19.3 Å². The van der Waals surface area contributed by atoms with Gasteiger partial charge < -0.3 is 15.8 Å². The van der Waals surface area contributed by atoms with E-state index in [1.807, 2.05) is 6.07 Å². The molecule has 0 saturated heterocycles. The van der Waals surface area contributed by atoms with E-state index in [4.69, 9.17) is 15.5 Å². The van der Waals surface area contributed by atoms with Gasteiger partial charge in [-0.15, -0.1) is 0 Å². The lowest BCUT2D eigenvalue weighted by Crippen LogP contribution is -2.34. The summed E-state index contributed by atoms with van der Waals surface area (Å²) in [5.74, 6) is 0.437. The van der Waals surface area contributed by atoms with Crippen LogP contribution in [0.15, 0.2) is 17.1 Å². The van der Waals surface area contributed by atoms with Gasteiger partial charge in [0.2, 0.25) is 0 Å². The van der Waals surface area contributed by atoms with E-state index in [-0.39, 0.29) is 5.54 Å². The molecule has 1 unspecified atom stereocenters. The Balaban J connectivity index is 1.83. The normalized spacial score (nSPS) is 24.9. The second-order valence-corrected chi connectivity index (χ2v) is 6.18. The number of aliphatic imine (C=N–C) groups is 1. The molecule has 1 aliphatic carbocycles. The third kappa shape index (κ3) is 1.83. The summed E-state index contributed by atoms with van der Waals surface area (Å²) >= 11 is 0. The Labute approximate surface area is 123 Å². The van der Waals surface area contributed by atoms with E-state index < -0.39 is 12.0 Å². The molecule has 5 nitrogen and oxygen atoms in total. The Morgan fingerprint density at radius 1 is 1.33 bits per heavy atom. The van der Waals surface area contributed by atoms with Gasteiger partial charge in [-0.1, -0.05) is 25.3 Å². The van der Waals surface area contributed by atoms with Crippen LogP contribution < -0.4 is 15.8 Å². The van der Waals surface area contributed by atoms with Crippen molar-refractivity contribution in [3.8, 4) is 5.75 Å². The van der Waals surface area contributed by atoms with E-state index >= 15 is 0 Å². The molecule has 1 fully saturated rings. The number of hydrogen-bond donors (Lipinski definition) is 2. The number of nitrogens with two attached hydrogens (primary N) is 1. The smallest absolute Gasteiger partial charge is 0.258 e. The van der Waals surface area contributed by atoms with Crippen molar-refractivity contribution in [3.05, 3.63) is 23.3 Å². The van der Waals surface area contributed by atoms with Crippen LogP contribution in [0, 0.1) is 0 Å². The molecular formula is C16H19N3O2. The highest BCUT2D eigenvalue weighted by atomic mass is 16.5. The first-order chi connectivity index (χ1) is 10.2. The monoisotopic (exact) mass is 285 g/mol. The fraction of sp³-hybridized carbons (Fsp3) is 0.500. The van der Waals surface area contributed by atoms with Crippen LogP contribution in [0.4, 0.5) is 5.69 Å². The molecule has 1 spiro atoms. The van der Waals surface area contributed by atoms with Crippen molar-refractivity contribution >= 4 is 17.9 Å². The van der Waals surface area contributed by atoms with Gasteiger partial charge in [-0.3, -0.25) is 9.79 Å². The summed E-state index contributed by atoms with van der Waals surface area (Å²) in [6, 6.07) is 4.10. The second-order valence-electron chi connectivity index (χ2n) is 6.18. The minimum atomic E-state index is -0.543. The Bertz CT molecular complexity index is 633. The first-order valence-electron chi connectivity index (χ1n) is 7.62. The van der Waals surface area contributed by atoms with Gasteiger partial charge in [0.1, 0.15) is 5.75 Å². The number of fused-ring (bicyclic) bond motifs is 4. The maximum atomic E-state index is 11.5. The molecule has 1 atom stereocenters. The molecular weight excluding hydrogens is 266 g/mol. The van der Waals surface area contributed by atoms with Crippen molar-refractivity contribution in [2.45, 2.75) is 50.2 Å². The molecule has 0 bridgehead atoms. The number of carbonyl (C=O) groups excluding carboxylic acids is 1. The number of nitrogens with one attached hydrogen (secondary N) is 1. The van der Waals surface area contributed by atoms with Crippen LogP contribution >= 0.6 is 0 Å². The number of carbonyl (C=O) groups is 1. The van der Waals surface area contributed by atoms with Crippen LogP contribution in [-0.4, -0.2) is 18.3 Å². The zero-order valence-electron chi connectivity index (χ0n) is 11.9. The molecule has 1 aromatic carbocycles. The fourth-order valence-corrected chi connectivity index (χ4v) is 3.85. The van der Waals surface area contributed by atoms with Crippen LogP contribution in [-0.2, 0) is 16.8 Å². The zero-order chi connectivity index (χ0) is 14.4. The molecule has 3 N–H and O–H groups in total. The Kier molecular flexibility index (Phi) is 2.71. The number of ether oxygens (including phenoxy) is 1. The summed E-state index contributed by atoms with van der Waals surface area (Å²) in [6.07, 6.45) is 7.54. The molecule has 2 aliphatic heterocycles. The van der Waals surface area contributed by atoms with Crippen molar-refractivity contribution in [2.24, 2.45) is 10.7 Å². The summed E-state index contributed by atoms with van der Waals surface area (Å²) in [7, 11) is 0. The largest absolute Gasteiger partial charge is 0.480 e.